The maximum atomic E-state index is 11.4. The molecule has 18 heavy (non-hydrogen) atoms. The second-order valence-electron chi connectivity index (χ2n) is 5.22. The van der Waals surface area contributed by atoms with Crippen molar-refractivity contribution in [3.05, 3.63) is 29.8 Å². The third-order valence-electron chi connectivity index (χ3n) is 3.85. The molecule has 0 radical (unpaired) electrons. The standard InChI is InChI=1S/C14H21O3P/c15-18(16,17)14-9-5-4-8-13(14)11-10-12-6-2-1-3-7-12/h4-5,8-9,12H,1-3,6-7,10-11H2,(H2,15,16,17). The fourth-order valence-corrected chi connectivity index (χ4v) is 3.68. The Bertz CT molecular complexity index is 432. The normalized spacial score (nSPS) is 17.9. The van der Waals surface area contributed by atoms with Gasteiger partial charge in [-0.1, -0.05) is 50.3 Å². The van der Waals surface area contributed by atoms with Crippen LogP contribution in [0.5, 0.6) is 0 Å². The third-order valence-corrected chi connectivity index (χ3v) is 4.92. The molecule has 4 heteroatoms. The number of benzene rings is 1. The second-order valence-corrected chi connectivity index (χ2v) is 6.79. The highest BCUT2D eigenvalue weighted by molar-refractivity contribution is 7.60. The molecular weight excluding hydrogens is 247 g/mol. The number of rotatable bonds is 4. The van der Waals surface area contributed by atoms with Gasteiger partial charge in [0.15, 0.2) is 0 Å². The number of aryl methyl sites for hydroxylation is 1. The second kappa shape index (κ2) is 6.01. The van der Waals surface area contributed by atoms with Crippen molar-refractivity contribution in [3.8, 4) is 0 Å². The molecule has 0 aromatic heterocycles. The molecule has 1 aliphatic carbocycles. The Morgan fingerprint density at radius 2 is 1.78 bits per heavy atom. The molecule has 0 aliphatic heterocycles. The van der Waals surface area contributed by atoms with Gasteiger partial charge in [0.2, 0.25) is 0 Å². The lowest BCUT2D eigenvalue weighted by molar-refractivity contribution is 0.339. The van der Waals surface area contributed by atoms with Crippen molar-refractivity contribution in [3.63, 3.8) is 0 Å². The maximum absolute atomic E-state index is 11.4. The van der Waals surface area contributed by atoms with Crippen LogP contribution in [0, 0.1) is 5.92 Å². The highest BCUT2D eigenvalue weighted by Crippen LogP contribution is 2.35. The quantitative estimate of drug-likeness (QED) is 0.825. The van der Waals surface area contributed by atoms with Crippen LogP contribution < -0.4 is 5.30 Å². The van der Waals surface area contributed by atoms with E-state index < -0.39 is 7.60 Å². The van der Waals surface area contributed by atoms with Crippen LogP contribution in [0.25, 0.3) is 0 Å². The average Bonchev–Trinajstić information content (AvgIpc) is 2.37. The van der Waals surface area contributed by atoms with E-state index in [0.29, 0.717) is 0 Å². The summed E-state index contributed by atoms with van der Waals surface area (Å²) in [6.07, 6.45) is 8.35. The zero-order valence-corrected chi connectivity index (χ0v) is 11.5. The summed E-state index contributed by atoms with van der Waals surface area (Å²) in [5, 5.41) is 0.209. The van der Waals surface area contributed by atoms with E-state index >= 15 is 0 Å². The lowest BCUT2D eigenvalue weighted by Crippen LogP contribution is -2.13. The van der Waals surface area contributed by atoms with Gasteiger partial charge in [0.25, 0.3) is 0 Å². The summed E-state index contributed by atoms with van der Waals surface area (Å²) in [5.74, 6) is 0.739. The van der Waals surface area contributed by atoms with Crippen molar-refractivity contribution in [1.29, 1.82) is 0 Å². The van der Waals surface area contributed by atoms with E-state index in [0.717, 1.165) is 24.3 Å². The van der Waals surface area contributed by atoms with Gasteiger partial charge < -0.3 is 9.79 Å². The van der Waals surface area contributed by atoms with E-state index in [4.69, 9.17) is 0 Å². The van der Waals surface area contributed by atoms with Crippen LogP contribution >= 0.6 is 7.60 Å². The van der Waals surface area contributed by atoms with Gasteiger partial charge in [-0.15, -0.1) is 0 Å². The molecule has 2 N–H and O–H groups in total. The van der Waals surface area contributed by atoms with Gasteiger partial charge >= 0.3 is 7.60 Å². The van der Waals surface area contributed by atoms with Crippen molar-refractivity contribution < 1.29 is 14.4 Å². The Kier molecular flexibility index (Phi) is 4.60. The molecule has 100 valence electrons. The van der Waals surface area contributed by atoms with Crippen molar-refractivity contribution in [2.45, 2.75) is 44.9 Å². The summed E-state index contributed by atoms with van der Waals surface area (Å²) < 4.78 is 11.4. The van der Waals surface area contributed by atoms with Crippen molar-refractivity contribution >= 4 is 12.9 Å². The Hall–Kier alpha value is -0.630. The predicted molar refractivity (Wildman–Crippen MR) is 73.0 cm³/mol. The van der Waals surface area contributed by atoms with Gasteiger partial charge in [-0.05, 0) is 30.4 Å². The van der Waals surface area contributed by atoms with Crippen molar-refractivity contribution in [2.75, 3.05) is 0 Å². The largest absolute Gasteiger partial charge is 0.356 e. The first-order chi connectivity index (χ1) is 8.57. The summed E-state index contributed by atoms with van der Waals surface area (Å²) >= 11 is 0. The van der Waals surface area contributed by atoms with Gasteiger partial charge in [0.05, 0.1) is 5.30 Å². The van der Waals surface area contributed by atoms with Gasteiger partial charge in [0.1, 0.15) is 0 Å². The monoisotopic (exact) mass is 268 g/mol. The topological polar surface area (TPSA) is 57.5 Å². The van der Waals surface area contributed by atoms with Gasteiger partial charge in [-0.3, -0.25) is 4.57 Å². The average molecular weight is 268 g/mol. The van der Waals surface area contributed by atoms with Crippen molar-refractivity contribution in [1.82, 2.24) is 0 Å². The van der Waals surface area contributed by atoms with Crippen LogP contribution in [0.15, 0.2) is 24.3 Å². The van der Waals surface area contributed by atoms with E-state index in [9.17, 15) is 14.4 Å². The van der Waals surface area contributed by atoms with Crippen LogP contribution in [0.4, 0.5) is 0 Å². The molecule has 2 rings (SSSR count). The molecule has 1 saturated carbocycles. The van der Waals surface area contributed by atoms with E-state index in [1.165, 1.54) is 32.1 Å². The van der Waals surface area contributed by atoms with Gasteiger partial charge in [-0.25, -0.2) is 0 Å². The number of hydrogen-bond donors (Lipinski definition) is 2. The van der Waals surface area contributed by atoms with E-state index in [2.05, 4.69) is 0 Å². The first-order valence-electron chi connectivity index (χ1n) is 6.71. The fourth-order valence-electron chi connectivity index (χ4n) is 2.84. The summed E-state index contributed by atoms with van der Waals surface area (Å²) in [4.78, 5) is 18.6. The Morgan fingerprint density at radius 1 is 1.11 bits per heavy atom. The molecule has 0 saturated heterocycles. The van der Waals surface area contributed by atoms with E-state index in [1.807, 2.05) is 12.1 Å². The minimum Gasteiger partial charge on any atom is -0.321 e. The zero-order valence-electron chi connectivity index (χ0n) is 10.6. The number of hydrogen-bond acceptors (Lipinski definition) is 1. The zero-order chi connectivity index (χ0) is 13.0. The Labute approximate surface area is 108 Å². The lowest BCUT2D eigenvalue weighted by atomic mass is 9.85. The molecule has 0 amide bonds. The summed E-state index contributed by atoms with van der Waals surface area (Å²) in [6.45, 7) is 0. The highest BCUT2D eigenvalue weighted by atomic mass is 31.2. The molecular formula is C14H21O3P. The molecule has 0 atom stereocenters. The smallest absolute Gasteiger partial charge is 0.321 e. The molecule has 1 aliphatic rings. The van der Waals surface area contributed by atoms with Crippen LogP contribution in [0.2, 0.25) is 0 Å². The van der Waals surface area contributed by atoms with E-state index in [1.54, 1.807) is 12.1 Å². The summed E-state index contributed by atoms with van der Waals surface area (Å²) in [7, 11) is -4.13. The molecule has 0 heterocycles. The van der Waals surface area contributed by atoms with Gasteiger partial charge in [0, 0.05) is 0 Å². The maximum Gasteiger partial charge on any atom is 0.356 e. The molecule has 1 aromatic carbocycles. The Morgan fingerprint density at radius 3 is 2.44 bits per heavy atom. The fraction of sp³-hybridized carbons (Fsp3) is 0.571. The van der Waals surface area contributed by atoms with E-state index in [-0.39, 0.29) is 5.30 Å². The first-order valence-corrected chi connectivity index (χ1v) is 8.32. The lowest BCUT2D eigenvalue weighted by Gasteiger charge is -2.22. The summed E-state index contributed by atoms with van der Waals surface area (Å²) in [6, 6.07) is 6.95. The van der Waals surface area contributed by atoms with Crippen LogP contribution in [-0.2, 0) is 11.0 Å². The predicted octanol–water partition coefficient (Wildman–Crippen LogP) is 3.00. The molecule has 1 fully saturated rings. The van der Waals surface area contributed by atoms with Crippen LogP contribution in [-0.4, -0.2) is 9.79 Å². The van der Waals surface area contributed by atoms with Crippen LogP contribution in [0.1, 0.15) is 44.1 Å². The Balaban J connectivity index is 2.02. The van der Waals surface area contributed by atoms with Gasteiger partial charge in [-0.2, -0.15) is 0 Å². The first kappa shape index (κ1) is 13.8. The molecule has 1 aromatic rings. The summed E-state index contributed by atoms with van der Waals surface area (Å²) in [5.41, 5.74) is 0.816. The minimum atomic E-state index is -4.13. The molecule has 0 bridgehead atoms. The molecule has 0 spiro atoms. The minimum absolute atomic E-state index is 0.209. The third kappa shape index (κ3) is 3.68. The molecule has 3 nitrogen and oxygen atoms in total. The highest BCUT2D eigenvalue weighted by Gasteiger charge is 2.21. The van der Waals surface area contributed by atoms with Crippen LogP contribution in [0.3, 0.4) is 0 Å². The van der Waals surface area contributed by atoms with Crippen molar-refractivity contribution in [2.24, 2.45) is 5.92 Å². The SMILES string of the molecule is O=P(O)(O)c1ccccc1CCC1CCCCC1. The molecule has 0 unspecified atom stereocenters.